The molecule has 0 aliphatic rings. The molecule has 0 aliphatic carbocycles. The first-order valence-electron chi connectivity index (χ1n) is 7.25. The van der Waals surface area contributed by atoms with Gasteiger partial charge in [0, 0.05) is 5.56 Å². The summed E-state index contributed by atoms with van der Waals surface area (Å²) >= 11 is 0.559. The lowest BCUT2D eigenvalue weighted by atomic mass is 9.97. The molecule has 0 fully saturated rings. The number of hydrogen-bond donors (Lipinski definition) is 0. The second kappa shape index (κ2) is 7.77. The van der Waals surface area contributed by atoms with Crippen LogP contribution in [0.25, 0.3) is 11.1 Å². The zero-order valence-electron chi connectivity index (χ0n) is 12.6. The molecule has 0 amide bonds. The number of hydrogen-bond acceptors (Lipinski definition) is 3. The summed E-state index contributed by atoms with van der Waals surface area (Å²) in [6, 6.07) is 24.9. The SMILES string of the molecule is O=S=Nc1ccc(-c2ccccc2)cc1C(=S=O)c1ccccc1. The van der Waals surface area contributed by atoms with Gasteiger partial charge in [0.1, 0.15) is 0 Å². The molecule has 24 heavy (non-hydrogen) atoms. The first-order valence-corrected chi connectivity index (χ1v) is 8.69. The lowest BCUT2D eigenvalue weighted by Crippen LogP contribution is -2.03. The summed E-state index contributed by atoms with van der Waals surface area (Å²) in [5, 5.41) is 0. The minimum absolute atomic E-state index is 0.144. The lowest BCUT2D eigenvalue weighted by Gasteiger charge is -2.10. The molecular weight excluding hydrogens is 338 g/mol. The molecule has 3 nitrogen and oxygen atoms in total. The Morgan fingerprint density at radius 2 is 1.42 bits per heavy atom. The molecule has 0 radical (unpaired) electrons. The Bertz CT molecular complexity index is 959. The fourth-order valence-corrected chi connectivity index (χ4v) is 3.21. The lowest BCUT2D eigenvalue weighted by molar-refractivity contribution is 0.698. The molecule has 0 atom stereocenters. The van der Waals surface area contributed by atoms with Gasteiger partial charge in [-0.3, -0.25) is 0 Å². The van der Waals surface area contributed by atoms with Crippen LogP contribution in [0.3, 0.4) is 0 Å². The zero-order valence-corrected chi connectivity index (χ0v) is 14.2. The molecule has 0 bridgehead atoms. The Kier molecular flexibility index (Phi) is 5.25. The van der Waals surface area contributed by atoms with Gasteiger partial charge in [0.25, 0.3) is 0 Å². The molecule has 0 saturated carbocycles. The van der Waals surface area contributed by atoms with Crippen molar-refractivity contribution in [3.05, 3.63) is 90.0 Å². The Morgan fingerprint density at radius 3 is 2.04 bits per heavy atom. The van der Waals surface area contributed by atoms with Crippen molar-refractivity contribution in [3.8, 4) is 11.1 Å². The van der Waals surface area contributed by atoms with Gasteiger partial charge in [-0.25, -0.2) is 4.21 Å². The maximum absolute atomic E-state index is 11.8. The van der Waals surface area contributed by atoms with E-state index < -0.39 is 0 Å². The molecule has 0 N–H and O–H groups in total. The predicted molar refractivity (Wildman–Crippen MR) is 99.9 cm³/mol. The van der Waals surface area contributed by atoms with Crippen LogP contribution in [0, 0.1) is 0 Å². The predicted octanol–water partition coefficient (Wildman–Crippen LogP) is 4.16. The molecule has 3 aromatic carbocycles. The summed E-state index contributed by atoms with van der Waals surface area (Å²) < 4.78 is 26.6. The summed E-state index contributed by atoms with van der Waals surface area (Å²) in [7, 11) is 0. The molecule has 0 spiro atoms. The van der Waals surface area contributed by atoms with Crippen LogP contribution in [0.15, 0.2) is 83.2 Å². The molecule has 0 heterocycles. The first kappa shape index (κ1) is 16.2. The second-order valence-electron chi connectivity index (χ2n) is 5.04. The molecule has 0 unspecified atom stereocenters. The topological polar surface area (TPSA) is 46.5 Å². The van der Waals surface area contributed by atoms with E-state index >= 15 is 0 Å². The summed E-state index contributed by atoms with van der Waals surface area (Å²) in [5.41, 5.74) is 4.02. The van der Waals surface area contributed by atoms with Crippen LogP contribution in [0.2, 0.25) is 0 Å². The van der Waals surface area contributed by atoms with E-state index in [1.165, 1.54) is 0 Å². The number of nitrogens with zero attached hydrogens (tertiary/aromatic N) is 1. The van der Waals surface area contributed by atoms with Crippen LogP contribution >= 0.6 is 0 Å². The van der Waals surface area contributed by atoms with Crippen molar-refractivity contribution in [1.29, 1.82) is 0 Å². The number of benzene rings is 3. The standard InChI is InChI=1S/C19H13NO2S2/c21-23-19(15-9-5-2-6-10-15)17-13-16(11-12-18(17)20-24-22)14-7-3-1-4-8-14/h1-13H. The maximum atomic E-state index is 11.8. The zero-order chi connectivity index (χ0) is 16.8. The highest BCUT2D eigenvalue weighted by atomic mass is 32.1. The molecule has 118 valence electrons. The van der Waals surface area contributed by atoms with Crippen molar-refractivity contribution >= 4 is 33.3 Å². The fourth-order valence-electron chi connectivity index (χ4n) is 2.49. The maximum Gasteiger partial charge on any atom is 0.205 e. The highest BCUT2D eigenvalue weighted by molar-refractivity contribution is 7.67. The molecule has 3 rings (SSSR count). The van der Waals surface area contributed by atoms with E-state index in [0.717, 1.165) is 16.7 Å². The van der Waals surface area contributed by atoms with Crippen LogP contribution in [0.4, 0.5) is 5.69 Å². The summed E-state index contributed by atoms with van der Waals surface area (Å²) in [4.78, 5) is 0.557. The van der Waals surface area contributed by atoms with Crippen molar-refractivity contribution in [2.24, 2.45) is 4.36 Å². The normalized spacial score (nSPS) is 10.0. The van der Waals surface area contributed by atoms with Crippen LogP contribution < -0.4 is 0 Å². The van der Waals surface area contributed by atoms with Gasteiger partial charge < -0.3 is 0 Å². The highest BCUT2D eigenvalue weighted by Gasteiger charge is 2.13. The van der Waals surface area contributed by atoms with Gasteiger partial charge in [0.05, 0.1) is 21.8 Å². The summed E-state index contributed by atoms with van der Waals surface area (Å²) in [5.74, 6) is 0. The fraction of sp³-hybridized carbons (Fsp3) is 0. The third-order valence-corrected chi connectivity index (χ3v) is 4.50. The Balaban J connectivity index is 2.20. The Morgan fingerprint density at radius 1 is 0.750 bits per heavy atom. The monoisotopic (exact) mass is 351 g/mol. The third kappa shape index (κ3) is 3.48. The van der Waals surface area contributed by atoms with Gasteiger partial charge in [-0.2, -0.15) is 8.57 Å². The minimum atomic E-state index is 0.144. The molecule has 3 aromatic rings. The van der Waals surface area contributed by atoms with Crippen LogP contribution in [0.1, 0.15) is 11.1 Å². The summed E-state index contributed by atoms with van der Waals surface area (Å²) in [6.07, 6.45) is 0. The smallest absolute Gasteiger partial charge is 0.205 e. The largest absolute Gasteiger partial charge is 0.212 e. The second-order valence-corrected chi connectivity index (χ2v) is 5.95. The molecule has 5 heteroatoms. The van der Waals surface area contributed by atoms with Crippen molar-refractivity contribution < 1.29 is 8.42 Å². The van der Waals surface area contributed by atoms with Crippen molar-refractivity contribution in [1.82, 2.24) is 0 Å². The molecular formula is C19H13NO2S2. The van der Waals surface area contributed by atoms with Gasteiger partial charge in [0.15, 0.2) is 0 Å². The van der Waals surface area contributed by atoms with Crippen molar-refractivity contribution in [3.63, 3.8) is 0 Å². The third-order valence-electron chi connectivity index (χ3n) is 3.60. The number of rotatable bonds is 4. The van der Waals surface area contributed by atoms with Gasteiger partial charge in [-0.15, -0.1) is 0 Å². The molecule has 0 aromatic heterocycles. The van der Waals surface area contributed by atoms with Gasteiger partial charge in [0.2, 0.25) is 11.5 Å². The van der Waals surface area contributed by atoms with E-state index in [4.69, 9.17) is 0 Å². The van der Waals surface area contributed by atoms with Crippen molar-refractivity contribution in [2.75, 3.05) is 0 Å². The molecule has 0 saturated heterocycles. The average molecular weight is 351 g/mol. The van der Waals surface area contributed by atoms with E-state index in [1.807, 2.05) is 72.8 Å². The first-order chi connectivity index (χ1) is 11.8. The van der Waals surface area contributed by atoms with Gasteiger partial charge in [-0.05, 0) is 28.8 Å². The van der Waals surface area contributed by atoms with Crippen LogP contribution in [-0.2, 0) is 22.7 Å². The molecule has 0 aliphatic heterocycles. The van der Waals surface area contributed by atoms with E-state index in [9.17, 15) is 8.42 Å². The van der Waals surface area contributed by atoms with Gasteiger partial charge in [-0.1, -0.05) is 66.7 Å². The Hall–Kier alpha value is -2.63. The Labute approximate surface area is 147 Å². The van der Waals surface area contributed by atoms with E-state index in [0.29, 0.717) is 27.4 Å². The van der Waals surface area contributed by atoms with E-state index in [2.05, 4.69) is 4.36 Å². The quantitative estimate of drug-likeness (QED) is 0.523. The van der Waals surface area contributed by atoms with Crippen LogP contribution in [-0.4, -0.2) is 13.3 Å². The van der Waals surface area contributed by atoms with E-state index in [1.54, 1.807) is 6.07 Å². The van der Waals surface area contributed by atoms with Crippen LogP contribution in [0.5, 0.6) is 0 Å². The van der Waals surface area contributed by atoms with Gasteiger partial charge >= 0.3 is 0 Å². The van der Waals surface area contributed by atoms with E-state index in [-0.39, 0.29) is 11.5 Å². The highest BCUT2D eigenvalue weighted by Crippen LogP contribution is 2.28. The summed E-state index contributed by atoms with van der Waals surface area (Å²) in [6.45, 7) is 0. The minimum Gasteiger partial charge on any atom is -0.212 e. The average Bonchev–Trinajstić information content (AvgIpc) is 2.65. The van der Waals surface area contributed by atoms with Crippen molar-refractivity contribution in [2.45, 2.75) is 0 Å².